The number of carbonyl (C=O) groups is 1. The zero-order valence-electron chi connectivity index (χ0n) is 13.5. The first-order valence-electron chi connectivity index (χ1n) is 7.95. The van der Waals surface area contributed by atoms with Crippen molar-refractivity contribution in [2.75, 3.05) is 7.05 Å². The molecule has 2 N–H and O–H groups in total. The fraction of sp³-hybridized carbons (Fsp3) is 0.611. The Bertz CT molecular complexity index is 459. The smallest absolute Gasteiger partial charge is 0.239 e. The monoisotopic (exact) mass is 288 g/mol. The van der Waals surface area contributed by atoms with Gasteiger partial charge in [-0.3, -0.25) is 4.79 Å². The minimum atomic E-state index is -0.438. The second kappa shape index (κ2) is 6.61. The van der Waals surface area contributed by atoms with Crippen molar-refractivity contribution in [3.05, 3.63) is 35.9 Å². The third-order valence-corrected chi connectivity index (χ3v) is 4.82. The summed E-state index contributed by atoms with van der Waals surface area (Å²) in [6.07, 6.45) is 5.16. The summed E-state index contributed by atoms with van der Waals surface area (Å²) in [6.45, 7) is 4.62. The van der Waals surface area contributed by atoms with Crippen molar-refractivity contribution < 1.29 is 4.79 Å². The molecule has 3 nitrogen and oxygen atoms in total. The van der Waals surface area contributed by atoms with E-state index in [0.29, 0.717) is 17.9 Å². The third-order valence-electron chi connectivity index (χ3n) is 4.82. The van der Waals surface area contributed by atoms with Gasteiger partial charge in [-0.1, -0.05) is 44.2 Å². The molecule has 1 aliphatic rings. The van der Waals surface area contributed by atoms with Crippen LogP contribution in [0.4, 0.5) is 0 Å². The molecule has 0 radical (unpaired) electrons. The summed E-state index contributed by atoms with van der Waals surface area (Å²) in [5, 5.41) is 0. The normalized spacial score (nSPS) is 20.0. The molecule has 0 heterocycles. The maximum Gasteiger partial charge on any atom is 0.239 e. The molecule has 0 bridgehead atoms. The van der Waals surface area contributed by atoms with Crippen molar-refractivity contribution in [2.24, 2.45) is 11.1 Å². The Labute approximate surface area is 128 Å². The lowest BCUT2D eigenvalue weighted by molar-refractivity contribution is -0.134. The quantitative estimate of drug-likeness (QED) is 0.926. The number of likely N-dealkylation sites (N-methyl/N-ethyl adjacent to an activating group) is 1. The third kappa shape index (κ3) is 4.31. The number of nitrogens with zero attached hydrogens (tertiary/aromatic N) is 1. The summed E-state index contributed by atoms with van der Waals surface area (Å²) >= 11 is 0. The molecule has 0 saturated heterocycles. The molecule has 0 aliphatic heterocycles. The second-order valence-corrected chi connectivity index (χ2v) is 7.14. The molecule has 1 saturated carbocycles. The van der Waals surface area contributed by atoms with Gasteiger partial charge in [-0.15, -0.1) is 0 Å². The maximum atomic E-state index is 12.5. The summed E-state index contributed by atoms with van der Waals surface area (Å²) < 4.78 is 0. The van der Waals surface area contributed by atoms with Crippen molar-refractivity contribution in [1.29, 1.82) is 0 Å². The summed E-state index contributed by atoms with van der Waals surface area (Å²) in [7, 11) is 1.91. The molecule has 1 fully saturated rings. The molecular weight excluding hydrogens is 260 g/mol. The first-order valence-corrected chi connectivity index (χ1v) is 7.95. The second-order valence-electron chi connectivity index (χ2n) is 7.14. The van der Waals surface area contributed by atoms with Crippen LogP contribution in [0.3, 0.4) is 0 Å². The number of rotatable bonds is 4. The molecule has 0 spiro atoms. The van der Waals surface area contributed by atoms with Crippen LogP contribution in [-0.4, -0.2) is 29.9 Å². The number of benzene rings is 1. The molecule has 3 heteroatoms. The lowest BCUT2D eigenvalue weighted by atomic mass is 9.75. The van der Waals surface area contributed by atoms with Crippen LogP contribution in [0.2, 0.25) is 0 Å². The van der Waals surface area contributed by atoms with E-state index in [0.717, 1.165) is 18.4 Å². The minimum Gasteiger partial charge on any atom is -0.341 e. The van der Waals surface area contributed by atoms with Crippen LogP contribution in [0, 0.1) is 5.41 Å². The Morgan fingerprint density at radius 2 is 1.86 bits per heavy atom. The Morgan fingerprint density at radius 1 is 1.29 bits per heavy atom. The summed E-state index contributed by atoms with van der Waals surface area (Å²) in [5.74, 6) is 0.0727. The van der Waals surface area contributed by atoms with Crippen molar-refractivity contribution in [1.82, 2.24) is 4.90 Å². The highest BCUT2D eigenvalue weighted by atomic mass is 16.2. The Hall–Kier alpha value is -1.35. The van der Waals surface area contributed by atoms with Gasteiger partial charge in [0, 0.05) is 13.1 Å². The molecule has 1 unspecified atom stereocenters. The average Bonchev–Trinajstić information content (AvgIpc) is 2.46. The van der Waals surface area contributed by atoms with Gasteiger partial charge in [0.05, 0.1) is 6.04 Å². The molecule has 116 valence electrons. The molecule has 1 aromatic rings. The van der Waals surface area contributed by atoms with Crippen LogP contribution in [0.25, 0.3) is 0 Å². The first kappa shape index (κ1) is 16.0. The minimum absolute atomic E-state index is 0.0727. The van der Waals surface area contributed by atoms with Crippen LogP contribution in [0.15, 0.2) is 30.3 Å². The highest BCUT2D eigenvalue weighted by Gasteiger charge is 2.31. The van der Waals surface area contributed by atoms with Crippen LogP contribution in [0.5, 0.6) is 0 Å². The van der Waals surface area contributed by atoms with Crippen molar-refractivity contribution in [3.63, 3.8) is 0 Å². The Balaban J connectivity index is 1.90. The summed E-state index contributed by atoms with van der Waals surface area (Å²) in [4.78, 5) is 14.4. The van der Waals surface area contributed by atoms with E-state index < -0.39 is 6.04 Å². The molecule has 2 rings (SSSR count). The van der Waals surface area contributed by atoms with E-state index in [-0.39, 0.29) is 5.91 Å². The van der Waals surface area contributed by atoms with Crippen LogP contribution < -0.4 is 5.73 Å². The zero-order valence-corrected chi connectivity index (χ0v) is 13.5. The van der Waals surface area contributed by atoms with Gasteiger partial charge in [-0.25, -0.2) is 0 Å². The van der Waals surface area contributed by atoms with Gasteiger partial charge in [0.1, 0.15) is 0 Å². The van der Waals surface area contributed by atoms with Gasteiger partial charge in [0.15, 0.2) is 0 Å². The number of hydrogen-bond acceptors (Lipinski definition) is 2. The molecular formula is C18H28N2O. The van der Waals surface area contributed by atoms with Crippen molar-refractivity contribution >= 4 is 5.91 Å². The fourth-order valence-corrected chi connectivity index (χ4v) is 3.17. The fourth-order valence-electron chi connectivity index (χ4n) is 3.17. The average molecular weight is 288 g/mol. The maximum absolute atomic E-state index is 12.5. The predicted octanol–water partition coefficient (Wildman–Crippen LogP) is 2.98. The summed E-state index contributed by atoms with van der Waals surface area (Å²) in [6, 6.07) is 9.91. The number of carbonyl (C=O) groups excluding carboxylic acids is 1. The Morgan fingerprint density at radius 3 is 2.43 bits per heavy atom. The molecule has 1 aromatic carbocycles. The van der Waals surface area contributed by atoms with E-state index in [2.05, 4.69) is 13.8 Å². The molecule has 21 heavy (non-hydrogen) atoms. The van der Waals surface area contributed by atoms with Gasteiger partial charge < -0.3 is 10.6 Å². The molecule has 1 aliphatic carbocycles. The molecule has 0 aromatic heterocycles. The number of hydrogen-bond donors (Lipinski definition) is 1. The van der Waals surface area contributed by atoms with E-state index in [1.165, 1.54) is 12.8 Å². The SMILES string of the molecule is CN(C(=O)C(N)Cc1ccccc1)C1CCC(C)(C)CC1. The topological polar surface area (TPSA) is 46.3 Å². The van der Waals surface area contributed by atoms with Crippen LogP contribution in [0.1, 0.15) is 45.1 Å². The van der Waals surface area contributed by atoms with Crippen molar-refractivity contribution in [2.45, 2.75) is 58.0 Å². The predicted molar refractivity (Wildman–Crippen MR) is 86.9 cm³/mol. The van der Waals surface area contributed by atoms with E-state index in [1.807, 2.05) is 42.3 Å². The van der Waals surface area contributed by atoms with Gasteiger partial charge in [0.2, 0.25) is 5.91 Å². The van der Waals surface area contributed by atoms with Gasteiger partial charge in [-0.2, -0.15) is 0 Å². The van der Waals surface area contributed by atoms with E-state index in [9.17, 15) is 4.79 Å². The summed E-state index contributed by atoms with van der Waals surface area (Å²) in [5.41, 5.74) is 7.66. The van der Waals surface area contributed by atoms with Gasteiger partial charge in [-0.05, 0) is 43.1 Å². The highest BCUT2D eigenvalue weighted by molar-refractivity contribution is 5.82. The highest BCUT2D eigenvalue weighted by Crippen LogP contribution is 2.36. The number of amides is 1. The molecule has 1 amide bonds. The largest absolute Gasteiger partial charge is 0.341 e. The standard InChI is InChI=1S/C18H28N2O/c1-18(2)11-9-15(10-12-18)20(3)17(21)16(19)13-14-7-5-4-6-8-14/h4-8,15-16H,9-13,19H2,1-3H3. The van der Waals surface area contributed by atoms with Crippen molar-refractivity contribution in [3.8, 4) is 0 Å². The Kier molecular flexibility index (Phi) is 5.04. The lowest BCUT2D eigenvalue weighted by Gasteiger charge is -2.39. The number of nitrogens with two attached hydrogens (primary N) is 1. The van der Waals surface area contributed by atoms with Gasteiger partial charge in [0.25, 0.3) is 0 Å². The van der Waals surface area contributed by atoms with E-state index >= 15 is 0 Å². The zero-order chi connectivity index (χ0) is 15.5. The van der Waals surface area contributed by atoms with E-state index in [1.54, 1.807) is 0 Å². The van der Waals surface area contributed by atoms with Crippen LogP contribution >= 0.6 is 0 Å². The van der Waals surface area contributed by atoms with Gasteiger partial charge >= 0.3 is 0 Å². The lowest BCUT2D eigenvalue weighted by Crippen LogP contribution is -2.48. The molecule has 1 atom stereocenters. The van der Waals surface area contributed by atoms with E-state index in [4.69, 9.17) is 5.73 Å². The van der Waals surface area contributed by atoms with Crippen LogP contribution in [-0.2, 0) is 11.2 Å². The first-order chi connectivity index (χ1) is 9.89.